The van der Waals surface area contributed by atoms with Crippen molar-refractivity contribution in [3.8, 4) is 11.6 Å². The van der Waals surface area contributed by atoms with E-state index < -0.39 is 0 Å². The van der Waals surface area contributed by atoms with Gasteiger partial charge in [-0.3, -0.25) is 9.38 Å². The maximum Gasteiger partial charge on any atom is 0.243 e. The lowest BCUT2D eigenvalue weighted by atomic mass is 10.3. The third-order valence-corrected chi connectivity index (χ3v) is 3.92. The van der Waals surface area contributed by atoms with E-state index in [-0.39, 0.29) is 0 Å². The Morgan fingerprint density at radius 1 is 1.43 bits per heavy atom. The fourth-order valence-corrected chi connectivity index (χ4v) is 2.76. The van der Waals surface area contributed by atoms with Crippen LogP contribution >= 0.6 is 11.3 Å². The highest BCUT2D eigenvalue weighted by molar-refractivity contribution is 7.15. The number of ether oxygens (including phenoxy) is 1. The Morgan fingerprint density at radius 2 is 2.29 bits per heavy atom. The highest BCUT2D eigenvalue weighted by Crippen LogP contribution is 2.28. The van der Waals surface area contributed by atoms with Crippen molar-refractivity contribution in [1.29, 1.82) is 0 Å². The van der Waals surface area contributed by atoms with Crippen LogP contribution in [-0.2, 0) is 6.54 Å². The van der Waals surface area contributed by atoms with Crippen molar-refractivity contribution in [2.24, 2.45) is 0 Å². The Kier molecular flexibility index (Phi) is 3.90. The summed E-state index contributed by atoms with van der Waals surface area (Å²) in [5.41, 5.74) is 1.89. The van der Waals surface area contributed by atoms with Crippen LogP contribution in [0.1, 0.15) is 25.2 Å². The Morgan fingerprint density at radius 3 is 3.05 bits per heavy atom. The summed E-state index contributed by atoms with van der Waals surface area (Å²) < 4.78 is 8.06. The van der Waals surface area contributed by atoms with E-state index in [0.717, 1.165) is 22.1 Å². The van der Waals surface area contributed by atoms with Crippen molar-refractivity contribution in [3.63, 3.8) is 0 Å². The zero-order valence-corrected chi connectivity index (χ0v) is 13.1. The fourth-order valence-electron chi connectivity index (χ4n) is 2.04. The number of nitrogens with one attached hydrogen (secondary N) is 1. The monoisotopic (exact) mass is 302 g/mol. The Balaban J connectivity index is 1.95. The van der Waals surface area contributed by atoms with E-state index >= 15 is 0 Å². The van der Waals surface area contributed by atoms with E-state index in [1.54, 1.807) is 17.5 Å². The molecule has 0 aliphatic rings. The van der Waals surface area contributed by atoms with Crippen molar-refractivity contribution < 1.29 is 4.74 Å². The van der Waals surface area contributed by atoms with Gasteiger partial charge in [0.1, 0.15) is 5.69 Å². The van der Waals surface area contributed by atoms with Gasteiger partial charge >= 0.3 is 0 Å². The summed E-state index contributed by atoms with van der Waals surface area (Å²) in [5.74, 6) is 1.39. The predicted octanol–water partition coefficient (Wildman–Crippen LogP) is 3.39. The molecule has 0 amide bonds. The second-order valence-electron chi connectivity index (χ2n) is 5.14. The number of hydrogen-bond donors (Lipinski definition) is 1. The summed E-state index contributed by atoms with van der Waals surface area (Å²) in [5, 5.41) is 5.45. The third-order valence-electron chi connectivity index (χ3n) is 3.17. The first-order valence-electron chi connectivity index (χ1n) is 6.92. The molecule has 0 aromatic carbocycles. The fraction of sp³-hybridized carbons (Fsp3) is 0.333. The molecule has 0 saturated heterocycles. The van der Waals surface area contributed by atoms with E-state index in [4.69, 9.17) is 4.74 Å². The summed E-state index contributed by atoms with van der Waals surface area (Å²) >= 11 is 1.60. The molecular formula is C15H18N4OS. The van der Waals surface area contributed by atoms with Gasteiger partial charge in [0, 0.05) is 30.4 Å². The van der Waals surface area contributed by atoms with Crippen molar-refractivity contribution >= 4 is 16.3 Å². The molecule has 0 unspecified atom stereocenters. The largest absolute Gasteiger partial charge is 0.435 e. The molecule has 0 aliphatic carbocycles. The molecule has 6 heteroatoms. The van der Waals surface area contributed by atoms with Crippen LogP contribution in [0.5, 0.6) is 11.6 Å². The molecule has 1 N–H and O–H groups in total. The Bertz CT molecular complexity index is 747. The zero-order valence-electron chi connectivity index (χ0n) is 12.3. The molecule has 0 atom stereocenters. The van der Waals surface area contributed by atoms with E-state index in [1.165, 1.54) is 0 Å². The van der Waals surface area contributed by atoms with Crippen LogP contribution in [0.2, 0.25) is 0 Å². The van der Waals surface area contributed by atoms with Gasteiger partial charge in [-0.1, -0.05) is 13.8 Å². The molecule has 0 aliphatic heterocycles. The number of nitrogens with zero attached hydrogens (tertiary/aromatic N) is 3. The maximum atomic E-state index is 5.99. The van der Waals surface area contributed by atoms with Gasteiger partial charge in [-0.05, 0) is 19.1 Å². The molecule has 3 heterocycles. The molecule has 0 radical (unpaired) electrons. The minimum Gasteiger partial charge on any atom is -0.435 e. The lowest BCUT2D eigenvalue weighted by molar-refractivity contribution is 0.447. The smallest absolute Gasteiger partial charge is 0.243 e. The van der Waals surface area contributed by atoms with Crippen molar-refractivity contribution in [2.75, 3.05) is 0 Å². The standard InChI is InChI=1S/C15H18N4OS/c1-10(2)17-9-12-14(18-15-19(12)7-8-21-15)20-13-5-4-6-16-11(13)3/h4-8,10,17H,9H2,1-3H3. The topological polar surface area (TPSA) is 51.5 Å². The Hall–Kier alpha value is -1.92. The van der Waals surface area contributed by atoms with Crippen LogP contribution < -0.4 is 10.1 Å². The van der Waals surface area contributed by atoms with Gasteiger partial charge in [0.2, 0.25) is 5.88 Å². The number of fused-ring (bicyclic) bond motifs is 1. The summed E-state index contributed by atoms with van der Waals surface area (Å²) in [6.07, 6.45) is 3.78. The molecular weight excluding hydrogens is 284 g/mol. The van der Waals surface area contributed by atoms with Gasteiger partial charge in [0.25, 0.3) is 0 Å². The van der Waals surface area contributed by atoms with Crippen LogP contribution in [0.15, 0.2) is 29.9 Å². The zero-order chi connectivity index (χ0) is 14.8. The van der Waals surface area contributed by atoms with Crippen LogP contribution in [0.4, 0.5) is 0 Å². The number of thiazole rings is 1. The van der Waals surface area contributed by atoms with Gasteiger partial charge in [-0.2, -0.15) is 4.98 Å². The van der Waals surface area contributed by atoms with Gasteiger partial charge in [-0.15, -0.1) is 11.3 Å². The molecule has 0 bridgehead atoms. The normalized spacial score (nSPS) is 11.4. The van der Waals surface area contributed by atoms with E-state index in [2.05, 4.69) is 33.5 Å². The highest BCUT2D eigenvalue weighted by atomic mass is 32.1. The summed E-state index contributed by atoms with van der Waals surface area (Å²) in [6.45, 7) is 6.89. The number of imidazole rings is 1. The second-order valence-corrected chi connectivity index (χ2v) is 6.02. The molecule has 3 aromatic heterocycles. The van der Waals surface area contributed by atoms with Crippen LogP contribution in [0.3, 0.4) is 0 Å². The average Bonchev–Trinajstić information content (AvgIpc) is 3.00. The third kappa shape index (κ3) is 2.91. The number of rotatable bonds is 5. The summed E-state index contributed by atoms with van der Waals surface area (Å²) in [7, 11) is 0. The molecule has 0 spiro atoms. The minimum absolute atomic E-state index is 0.405. The van der Waals surface area contributed by atoms with Gasteiger partial charge in [0.05, 0.1) is 5.69 Å². The quantitative estimate of drug-likeness (QED) is 0.785. The van der Waals surface area contributed by atoms with Crippen LogP contribution in [0.25, 0.3) is 4.96 Å². The van der Waals surface area contributed by atoms with Crippen LogP contribution in [-0.4, -0.2) is 20.4 Å². The van der Waals surface area contributed by atoms with E-state index in [0.29, 0.717) is 18.5 Å². The first-order chi connectivity index (χ1) is 10.1. The molecule has 3 rings (SSSR count). The molecule has 0 saturated carbocycles. The molecule has 110 valence electrons. The van der Waals surface area contributed by atoms with Crippen molar-refractivity contribution in [2.45, 2.75) is 33.4 Å². The van der Waals surface area contributed by atoms with Crippen LogP contribution in [0, 0.1) is 6.92 Å². The minimum atomic E-state index is 0.405. The van der Waals surface area contributed by atoms with Gasteiger partial charge < -0.3 is 10.1 Å². The second kappa shape index (κ2) is 5.83. The summed E-state index contributed by atoms with van der Waals surface area (Å²) in [4.78, 5) is 9.76. The molecule has 5 nitrogen and oxygen atoms in total. The van der Waals surface area contributed by atoms with Gasteiger partial charge in [-0.25, -0.2) is 0 Å². The highest BCUT2D eigenvalue weighted by Gasteiger charge is 2.16. The lowest BCUT2D eigenvalue weighted by Crippen LogP contribution is -2.22. The number of aryl methyl sites for hydroxylation is 1. The predicted molar refractivity (Wildman–Crippen MR) is 84.1 cm³/mol. The maximum absolute atomic E-state index is 5.99. The summed E-state index contributed by atoms with van der Waals surface area (Å²) in [6, 6.07) is 4.18. The number of hydrogen-bond acceptors (Lipinski definition) is 5. The SMILES string of the molecule is Cc1ncccc1Oc1nc2sccn2c1CNC(C)C. The van der Waals surface area contributed by atoms with E-state index in [1.807, 2.05) is 30.6 Å². The lowest BCUT2D eigenvalue weighted by Gasteiger charge is -2.10. The van der Waals surface area contributed by atoms with Crippen molar-refractivity contribution in [3.05, 3.63) is 41.3 Å². The first kappa shape index (κ1) is 14.0. The molecule has 21 heavy (non-hydrogen) atoms. The molecule has 3 aromatic rings. The Labute approximate surface area is 127 Å². The van der Waals surface area contributed by atoms with Crippen molar-refractivity contribution in [1.82, 2.24) is 19.7 Å². The average molecular weight is 302 g/mol. The number of pyridine rings is 1. The van der Waals surface area contributed by atoms with E-state index in [9.17, 15) is 0 Å². The first-order valence-corrected chi connectivity index (χ1v) is 7.80. The molecule has 0 fully saturated rings. The number of aromatic nitrogens is 3. The van der Waals surface area contributed by atoms with Gasteiger partial charge in [0.15, 0.2) is 10.7 Å².